The molecule has 1 aromatic rings. The van der Waals surface area contributed by atoms with E-state index in [1.807, 2.05) is 13.2 Å². The molecular weight excluding hydrogens is 228 g/mol. The Labute approximate surface area is 109 Å². The van der Waals surface area contributed by atoms with Crippen LogP contribution in [0.3, 0.4) is 0 Å². The largest absolute Gasteiger partial charge is 0.381 e. The summed E-state index contributed by atoms with van der Waals surface area (Å²) in [5, 5.41) is 2.97. The fourth-order valence-electron chi connectivity index (χ4n) is 2.30. The van der Waals surface area contributed by atoms with Crippen LogP contribution in [0.4, 0.5) is 5.82 Å². The SMILES string of the molecule is CNc1cnc(CN(C)CC2CCCOC2)cn1. The minimum Gasteiger partial charge on any atom is -0.381 e. The Hall–Kier alpha value is -1.20. The van der Waals surface area contributed by atoms with Crippen LogP contribution >= 0.6 is 0 Å². The lowest BCUT2D eigenvalue weighted by atomic mass is 10.0. The molecule has 18 heavy (non-hydrogen) atoms. The minimum absolute atomic E-state index is 0.660. The van der Waals surface area contributed by atoms with Crippen LogP contribution in [-0.2, 0) is 11.3 Å². The highest BCUT2D eigenvalue weighted by Crippen LogP contribution is 2.15. The number of nitrogens with zero attached hydrogens (tertiary/aromatic N) is 3. The molecule has 1 aliphatic rings. The van der Waals surface area contributed by atoms with Gasteiger partial charge < -0.3 is 15.0 Å². The number of nitrogens with one attached hydrogen (secondary N) is 1. The summed E-state index contributed by atoms with van der Waals surface area (Å²) in [4.78, 5) is 11.0. The highest BCUT2D eigenvalue weighted by Gasteiger charge is 2.16. The molecule has 1 N–H and O–H groups in total. The molecule has 1 atom stereocenters. The van der Waals surface area contributed by atoms with E-state index in [9.17, 15) is 0 Å². The van der Waals surface area contributed by atoms with E-state index < -0.39 is 0 Å². The topological polar surface area (TPSA) is 50.3 Å². The van der Waals surface area contributed by atoms with Crippen LogP contribution in [0.25, 0.3) is 0 Å². The third-order valence-electron chi connectivity index (χ3n) is 3.22. The fraction of sp³-hybridized carbons (Fsp3) is 0.692. The molecule has 1 unspecified atom stereocenters. The molecule has 1 saturated heterocycles. The molecule has 1 aromatic heterocycles. The van der Waals surface area contributed by atoms with Gasteiger partial charge in [0.15, 0.2) is 0 Å². The minimum atomic E-state index is 0.660. The van der Waals surface area contributed by atoms with Crippen molar-refractivity contribution < 1.29 is 4.74 Å². The lowest BCUT2D eigenvalue weighted by Crippen LogP contribution is -2.30. The van der Waals surface area contributed by atoms with E-state index in [-0.39, 0.29) is 0 Å². The lowest BCUT2D eigenvalue weighted by Gasteiger charge is -2.26. The van der Waals surface area contributed by atoms with Gasteiger partial charge in [0.2, 0.25) is 0 Å². The van der Waals surface area contributed by atoms with E-state index >= 15 is 0 Å². The van der Waals surface area contributed by atoms with Crippen molar-refractivity contribution >= 4 is 5.82 Å². The first kappa shape index (κ1) is 13.2. The Bertz CT molecular complexity index is 349. The van der Waals surface area contributed by atoms with Gasteiger partial charge >= 0.3 is 0 Å². The zero-order valence-electron chi connectivity index (χ0n) is 11.2. The van der Waals surface area contributed by atoms with Crippen LogP contribution in [0.2, 0.25) is 0 Å². The molecule has 5 heteroatoms. The molecule has 0 aromatic carbocycles. The standard InChI is InChI=1S/C13H22N4O/c1-14-13-7-15-12(6-16-13)9-17(2)8-11-4-3-5-18-10-11/h6-7,11H,3-5,8-10H2,1-2H3,(H,14,16). The Morgan fingerprint density at radius 2 is 2.33 bits per heavy atom. The van der Waals surface area contributed by atoms with Crippen molar-refractivity contribution in [2.24, 2.45) is 5.92 Å². The van der Waals surface area contributed by atoms with Crippen molar-refractivity contribution in [1.82, 2.24) is 14.9 Å². The van der Waals surface area contributed by atoms with E-state index in [0.29, 0.717) is 5.92 Å². The van der Waals surface area contributed by atoms with Crippen molar-refractivity contribution in [1.29, 1.82) is 0 Å². The van der Waals surface area contributed by atoms with Gasteiger partial charge in [0.25, 0.3) is 0 Å². The first-order valence-corrected chi connectivity index (χ1v) is 6.53. The lowest BCUT2D eigenvalue weighted by molar-refractivity contribution is 0.0410. The molecule has 5 nitrogen and oxygen atoms in total. The second-order valence-corrected chi connectivity index (χ2v) is 4.92. The van der Waals surface area contributed by atoms with Crippen LogP contribution < -0.4 is 5.32 Å². The molecule has 2 rings (SSSR count). The third-order valence-corrected chi connectivity index (χ3v) is 3.22. The van der Waals surface area contributed by atoms with Gasteiger partial charge in [0, 0.05) is 26.7 Å². The molecule has 0 radical (unpaired) electrons. The van der Waals surface area contributed by atoms with Crippen molar-refractivity contribution in [2.75, 3.05) is 39.2 Å². The maximum atomic E-state index is 5.50. The maximum Gasteiger partial charge on any atom is 0.144 e. The van der Waals surface area contributed by atoms with Gasteiger partial charge in [-0.1, -0.05) is 0 Å². The van der Waals surface area contributed by atoms with E-state index in [0.717, 1.165) is 37.8 Å². The van der Waals surface area contributed by atoms with Gasteiger partial charge in [-0.05, 0) is 25.8 Å². The monoisotopic (exact) mass is 250 g/mol. The van der Waals surface area contributed by atoms with E-state index in [4.69, 9.17) is 4.74 Å². The number of hydrogen-bond donors (Lipinski definition) is 1. The van der Waals surface area contributed by atoms with Gasteiger partial charge in [0.05, 0.1) is 24.7 Å². The number of rotatable bonds is 5. The predicted octanol–water partition coefficient (Wildman–Crippen LogP) is 1.38. The summed E-state index contributed by atoms with van der Waals surface area (Å²) in [5.41, 5.74) is 1.01. The molecule has 0 bridgehead atoms. The molecular formula is C13H22N4O. The van der Waals surface area contributed by atoms with Gasteiger partial charge in [-0.25, -0.2) is 4.98 Å². The van der Waals surface area contributed by atoms with Crippen LogP contribution in [0.15, 0.2) is 12.4 Å². The summed E-state index contributed by atoms with van der Waals surface area (Å²) in [7, 11) is 3.97. The summed E-state index contributed by atoms with van der Waals surface area (Å²) in [6, 6.07) is 0. The predicted molar refractivity (Wildman–Crippen MR) is 71.5 cm³/mol. The van der Waals surface area contributed by atoms with E-state index in [1.165, 1.54) is 12.8 Å². The first-order valence-electron chi connectivity index (χ1n) is 6.53. The Kier molecular flexibility index (Phi) is 4.90. The zero-order valence-corrected chi connectivity index (χ0v) is 11.2. The highest BCUT2D eigenvalue weighted by atomic mass is 16.5. The molecule has 1 fully saturated rings. The average molecular weight is 250 g/mol. The van der Waals surface area contributed by atoms with Crippen molar-refractivity contribution in [3.8, 4) is 0 Å². The van der Waals surface area contributed by atoms with Gasteiger partial charge in [0.1, 0.15) is 5.82 Å². The Balaban J connectivity index is 1.80. The molecule has 0 saturated carbocycles. The zero-order chi connectivity index (χ0) is 12.8. The van der Waals surface area contributed by atoms with Crippen LogP contribution in [0.1, 0.15) is 18.5 Å². The Morgan fingerprint density at radius 1 is 1.44 bits per heavy atom. The molecule has 2 heterocycles. The number of aromatic nitrogens is 2. The normalized spacial score (nSPS) is 20.1. The molecule has 1 aliphatic heterocycles. The fourth-order valence-corrected chi connectivity index (χ4v) is 2.30. The van der Waals surface area contributed by atoms with Crippen LogP contribution in [0.5, 0.6) is 0 Å². The van der Waals surface area contributed by atoms with E-state index in [1.54, 1.807) is 6.20 Å². The summed E-state index contributed by atoms with van der Waals surface area (Å²) < 4.78 is 5.50. The quantitative estimate of drug-likeness (QED) is 0.855. The highest BCUT2D eigenvalue weighted by molar-refractivity contribution is 5.29. The van der Waals surface area contributed by atoms with Gasteiger partial charge in [-0.3, -0.25) is 4.98 Å². The van der Waals surface area contributed by atoms with Gasteiger partial charge in [-0.15, -0.1) is 0 Å². The summed E-state index contributed by atoms with van der Waals surface area (Å²) in [6.07, 6.45) is 6.07. The third kappa shape index (κ3) is 3.92. The average Bonchev–Trinajstić information content (AvgIpc) is 2.40. The van der Waals surface area contributed by atoms with Crippen LogP contribution in [0, 0.1) is 5.92 Å². The second-order valence-electron chi connectivity index (χ2n) is 4.92. The summed E-state index contributed by atoms with van der Waals surface area (Å²) in [5.74, 6) is 1.47. The van der Waals surface area contributed by atoms with Gasteiger partial charge in [-0.2, -0.15) is 0 Å². The first-order chi connectivity index (χ1) is 8.78. The molecule has 0 spiro atoms. The summed E-state index contributed by atoms with van der Waals surface area (Å²) >= 11 is 0. The van der Waals surface area contributed by atoms with Crippen molar-refractivity contribution in [3.63, 3.8) is 0 Å². The maximum absolute atomic E-state index is 5.50. The van der Waals surface area contributed by atoms with Crippen LogP contribution in [-0.4, -0.2) is 48.7 Å². The summed E-state index contributed by atoms with van der Waals surface area (Å²) in [6.45, 7) is 3.73. The smallest absolute Gasteiger partial charge is 0.144 e. The number of anilines is 1. The molecule has 0 amide bonds. The Morgan fingerprint density at radius 3 is 2.94 bits per heavy atom. The number of hydrogen-bond acceptors (Lipinski definition) is 5. The van der Waals surface area contributed by atoms with Crippen molar-refractivity contribution in [2.45, 2.75) is 19.4 Å². The molecule has 0 aliphatic carbocycles. The molecule has 100 valence electrons. The van der Waals surface area contributed by atoms with E-state index in [2.05, 4.69) is 27.2 Å². The van der Waals surface area contributed by atoms with Crippen molar-refractivity contribution in [3.05, 3.63) is 18.1 Å². The number of ether oxygens (including phenoxy) is 1. The second kappa shape index (κ2) is 6.66.